The maximum absolute atomic E-state index is 10.9. The summed E-state index contributed by atoms with van der Waals surface area (Å²) >= 11 is 0. The molecule has 1 N–H and O–H groups in total. The largest absolute Gasteiger partial charge is 0.385 e. The van der Waals surface area contributed by atoms with Crippen LogP contribution in [0.1, 0.15) is 12.0 Å². The van der Waals surface area contributed by atoms with Crippen molar-refractivity contribution in [2.24, 2.45) is 0 Å². The lowest BCUT2D eigenvalue weighted by Gasteiger charge is -2.09. The molecular formula is C11H16N2O4S. The summed E-state index contributed by atoms with van der Waals surface area (Å²) < 4.78 is 21.9. The smallest absolute Gasteiger partial charge is 0.274 e. The second-order valence-corrected chi connectivity index (χ2v) is 6.38. The van der Waals surface area contributed by atoms with Crippen molar-refractivity contribution in [3.05, 3.63) is 33.9 Å². The fourth-order valence-corrected chi connectivity index (χ4v) is 2.24. The molecule has 0 saturated carbocycles. The molecule has 0 atom stereocenters. The van der Waals surface area contributed by atoms with E-state index < -0.39 is 14.8 Å². The van der Waals surface area contributed by atoms with Gasteiger partial charge in [-0.25, -0.2) is 8.42 Å². The molecule has 0 aliphatic rings. The third-order valence-electron chi connectivity index (χ3n) is 2.51. The van der Waals surface area contributed by atoms with Gasteiger partial charge in [0.15, 0.2) is 0 Å². The molecule has 0 fully saturated rings. The molecule has 0 aromatic heterocycles. The Morgan fingerprint density at radius 2 is 2.06 bits per heavy atom. The van der Waals surface area contributed by atoms with Crippen molar-refractivity contribution in [1.82, 2.24) is 0 Å². The second kappa shape index (κ2) is 5.81. The van der Waals surface area contributed by atoms with Gasteiger partial charge in [-0.15, -0.1) is 0 Å². The zero-order chi connectivity index (χ0) is 13.8. The highest BCUT2D eigenvalue weighted by Crippen LogP contribution is 2.24. The molecule has 0 radical (unpaired) electrons. The van der Waals surface area contributed by atoms with Crippen LogP contribution in [-0.2, 0) is 9.84 Å². The fourth-order valence-electron chi connectivity index (χ4n) is 1.57. The van der Waals surface area contributed by atoms with E-state index in [0.717, 1.165) is 0 Å². The van der Waals surface area contributed by atoms with Gasteiger partial charge in [-0.05, 0) is 19.4 Å². The molecule has 6 nitrogen and oxygen atoms in total. The minimum atomic E-state index is -2.96. The van der Waals surface area contributed by atoms with E-state index in [1.54, 1.807) is 19.1 Å². The molecule has 100 valence electrons. The van der Waals surface area contributed by atoms with Gasteiger partial charge in [0.05, 0.1) is 10.7 Å². The van der Waals surface area contributed by atoms with E-state index in [9.17, 15) is 18.5 Å². The number of benzene rings is 1. The summed E-state index contributed by atoms with van der Waals surface area (Å²) in [5.41, 5.74) is 1.28. The molecule has 0 unspecified atom stereocenters. The number of nitro groups is 1. The van der Waals surface area contributed by atoms with Crippen LogP contribution >= 0.6 is 0 Å². The summed E-state index contributed by atoms with van der Waals surface area (Å²) in [6.07, 6.45) is 1.66. The van der Waals surface area contributed by atoms with Gasteiger partial charge in [-0.3, -0.25) is 10.1 Å². The van der Waals surface area contributed by atoms with Crippen LogP contribution in [0, 0.1) is 17.0 Å². The lowest BCUT2D eigenvalue weighted by atomic mass is 10.1. The molecule has 0 bridgehead atoms. The molecular weight excluding hydrogens is 256 g/mol. The van der Waals surface area contributed by atoms with E-state index in [4.69, 9.17) is 0 Å². The van der Waals surface area contributed by atoms with Crippen LogP contribution in [0.4, 0.5) is 11.4 Å². The monoisotopic (exact) mass is 272 g/mol. The first-order valence-corrected chi connectivity index (χ1v) is 7.53. The zero-order valence-corrected chi connectivity index (χ0v) is 11.2. The summed E-state index contributed by atoms with van der Waals surface area (Å²) in [4.78, 5) is 10.3. The van der Waals surface area contributed by atoms with Crippen LogP contribution in [0.3, 0.4) is 0 Å². The molecule has 0 aliphatic heterocycles. The van der Waals surface area contributed by atoms with Gasteiger partial charge in [-0.1, -0.05) is 6.07 Å². The number of nitrogens with one attached hydrogen (secondary N) is 1. The second-order valence-electron chi connectivity index (χ2n) is 4.12. The van der Waals surface area contributed by atoms with E-state index in [2.05, 4.69) is 5.32 Å². The summed E-state index contributed by atoms with van der Waals surface area (Å²) in [6, 6.07) is 4.78. The Balaban J connectivity index is 2.63. The van der Waals surface area contributed by atoms with Gasteiger partial charge in [0.25, 0.3) is 5.69 Å². The van der Waals surface area contributed by atoms with E-state index in [0.29, 0.717) is 24.2 Å². The first-order valence-electron chi connectivity index (χ1n) is 5.47. The Bertz CT molecular complexity index is 540. The van der Waals surface area contributed by atoms with E-state index in [-0.39, 0.29) is 11.4 Å². The number of nitro benzene ring substituents is 1. The van der Waals surface area contributed by atoms with E-state index >= 15 is 0 Å². The van der Waals surface area contributed by atoms with E-state index in [1.807, 2.05) is 0 Å². The first kappa shape index (κ1) is 14.4. The molecule has 7 heteroatoms. The Morgan fingerprint density at radius 1 is 1.39 bits per heavy atom. The highest BCUT2D eigenvalue weighted by atomic mass is 32.2. The van der Waals surface area contributed by atoms with Crippen LogP contribution in [-0.4, -0.2) is 31.9 Å². The summed E-state index contributed by atoms with van der Waals surface area (Å²) in [5.74, 6) is 0.105. The van der Waals surface area contributed by atoms with E-state index in [1.165, 1.54) is 12.3 Å². The van der Waals surface area contributed by atoms with Gasteiger partial charge in [0.1, 0.15) is 9.84 Å². The normalized spacial score (nSPS) is 11.2. The molecule has 0 spiro atoms. The quantitative estimate of drug-likeness (QED) is 0.484. The molecule has 1 rings (SSSR count). The third-order valence-corrected chi connectivity index (χ3v) is 3.54. The molecule has 1 aromatic carbocycles. The average Bonchev–Trinajstić information content (AvgIpc) is 2.24. The van der Waals surface area contributed by atoms with Crippen LogP contribution < -0.4 is 5.32 Å². The van der Waals surface area contributed by atoms with Gasteiger partial charge in [-0.2, -0.15) is 0 Å². The van der Waals surface area contributed by atoms with Crippen LogP contribution in [0.15, 0.2) is 18.2 Å². The number of hydrogen-bond acceptors (Lipinski definition) is 5. The third kappa shape index (κ3) is 4.33. The first-order chi connectivity index (χ1) is 8.31. The summed E-state index contributed by atoms with van der Waals surface area (Å²) in [6.45, 7) is 2.13. The number of rotatable bonds is 6. The van der Waals surface area contributed by atoms with Crippen molar-refractivity contribution in [3.8, 4) is 0 Å². The molecule has 0 heterocycles. The predicted molar refractivity (Wildman–Crippen MR) is 70.7 cm³/mol. The van der Waals surface area contributed by atoms with Crippen LogP contribution in [0.5, 0.6) is 0 Å². The Hall–Kier alpha value is -1.63. The topological polar surface area (TPSA) is 89.3 Å². The predicted octanol–water partition coefficient (Wildman–Crippen LogP) is 1.75. The van der Waals surface area contributed by atoms with Crippen molar-refractivity contribution >= 4 is 21.2 Å². The number of anilines is 1. The van der Waals surface area contributed by atoms with Crippen LogP contribution in [0.25, 0.3) is 0 Å². The van der Waals surface area contributed by atoms with Crippen molar-refractivity contribution in [2.75, 3.05) is 23.9 Å². The van der Waals surface area contributed by atoms with Crippen molar-refractivity contribution < 1.29 is 13.3 Å². The van der Waals surface area contributed by atoms with Gasteiger partial charge in [0.2, 0.25) is 0 Å². The lowest BCUT2D eigenvalue weighted by molar-refractivity contribution is -0.385. The fraction of sp³-hybridized carbons (Fsp3) is 0.455. The van der Waals surface area contributed by atoms with Gasteiger partial charge >= 0.3 is 0 Å². The number of hydrogen-bond donors (Lipinski definition) is 1. The SMILES string of the molecule is Cc1c(NCCCS(C)(=O)=O)cccc1[N+](=O)[O-]. The minimum Gasteiger partial charge on any atom is -0.385 e. The molecule has 0 amide bonds. The Labute approximate surface area is 106 Å². The average molecular weight is 272 g/mol. The highest BCUT2D eigenvalue weighted by Gasteiger charge is 2.12. The maximum atomic E-state index is 10.9. The summed E-state index contributed by atoms with van der Waals surface area (Å²) in [5, 5.41) is 13.7. The number of nitrogens with zero attached hydrogens (tertiary/aromatic N) is 1. The molecule has 0 aliphatic carbocycles. The number of sulfone groups is 1. The van der Waals surface area contributed by atoms with Gasteiger partial charge < -0.3 is 5.32 Å². The molecule has 18 heavy (non-hydrogen) atoms. The standard InChI is InChI=1S/C11H16N2O4S/c1-9-10(5-3-6-11(9)13(14)15)12-7-4-8-18(2,16)17/h3,5-6,12H,4,7-8H2,1-2H3. The van der Waals surface area contributed by atoms with Crippen molar-refractivity contribution in [2.45, 2.75) is 13.3 Å². The molecule has 1 aromatic rings. The minimum absolute atomic E-state index is 0.0584. The van der Waals surface area contributed by atoms with Crippen LogP contribution in [0.2, 0.25) is 0 Å². The van der Waals surface area contributed by atoms with Gasteiger partial charge in [0, 0.05) is 30.1 Å². The van der Waals surface area contributed by atoms with Crippen molar-refractivity contribution in [1.29, 1.82) is 0 Å². The maximum Gasteiger partial charge on any atom is 0.274 e. The molecule has 0 saturated heterocycles. The highest BCUT2D eigenvalue weighted by molar-refractivity contribution is 7.90. The van der Waals surface area contributed by atoms with Crippen molar-refractivity contribution in [3.63, 3.8) is 0 Å². The zero-order valence-electron chi connectivity index (χ0n) is 10.3. The summed E-state index contributed by atoms with van der Waals surface area (Å²) in [7, 11) is -2.96. The Morgan fingerprint density at radius 3 is 2.61 bits per heavy atom. The Kier molecular flexibility index (Phi) is 4.66. The lowest BCUT2D eigenvalue weighted by Crippen LogP contribution is -2.10.